The monoisotopic (exact) mass is 408 g/mol. The van der Waals surface area contributed by atoms with Crippen LogP contribution in [-0.4, -0.2) is 77.0 Å². The van der Waals surface area contributed by atoms with Crippen molar-refractivity contribution in [2.75, 3.05) is 45.2 Å². The molecule has 0 bridgehead atoms. The third-order valence-electron chi connectivity index (χ3n) is 5.57. The molecule has 0 radical (unpaired) electrons. The lowest BCUT2D eigenvalue weighted by molar-refractivity contribution is -0.130. The number of anilines is 1. The highest BCUT2D eigenvalue weighted by Crippen LogP contribution is 2.33. The summed E-state index contributed by atoms with van der Waals surface area (Å²) in [6.07, 6.45) is 10.8. The maximum Gasteiger partial charge on any atom is 0.271 e. The molecule has 30 heavy (non-hydrogen) atoms. The molecule has 3 heterocycles. The predicted molar refractivity (Wildman–Crippen MR) is 116 cm³/mol. The quantitative estimate of drug-likeness (QED) is 0.664. The molecule has 1 aliphatic carbocycles. The number of likely N-dealkylation sites (tertiary alicyclic amines) is 1. The molecule has 4 rings (SSSR count). The van der Waals surface area contributed by atoms with Crippen LogP contribution in [0.1, 0.15) is 12.8 Å². The highest BCUT2D eigenvalue weighted by atomic mass is 16.2. The van der Waals surface area contributed by atoms with Crippen LogP contribution in [0.25, 0.3) is 11.3 Å². The van der Waals surface area contributed by atoms with Crippen molar-refractivity contribution in [1.29, 1.82) is 0 Å². The van der Waals surface area contributed by atoms with Crippen LogP contribution < -0.4 is 10.5 Å². The second-order valence-corrected chi connectivity index (χ2v) is 8.35. The molecular formula is C22H28N6O2. The van der Waals surface area contributed by atoms with E-state index in [4.69, 9.17) is 0 Å². The molecule has 1 N–H and O–H groups in total. The van der Waals surface area contributed by atoms with Crippen LogP contribution in [0.15, 0.2) is 47.8 Å². The van der Waals surface area contributed by atoms with Gasteiger partial charge in [0, 0.05) is 50.2 Å². The van der Waals surface area contributed by atoms with Gasteiger partial charge in [0.15, 0.2) is 0 Å². The number of hydrogen-bond acceptors (Lipinski definition) is 6. The summed E-state index contributed by atoms with van der Waals surface area (Å²) in [6.45, 7) is 2.85. The van der Waals surface area contributed by atoms with E-state index < -0.39 is 0 Å². The molecule has 0 aromatic carbocycles. The number of nitrogens with zero attached hydrogens (tertiary/aromatic N) is 5. The van der Waals surface area contributed by atoms with Gasteiger partial charge < -0.3 is 19.7 Å². The number of hydrogen-bond donors (Lipinski definition) is 1. The lowest BCUT2D eigenvalue weighted by Crippen LogP contribution is -2.62. The molecule has 8 heteroatoms. The zero-order valence-electron chi connectivity index (χ0n) is 17.5. The van der Waals surface area contributed by atoms with E-state index in [1.807, 2.05) is 42.1 Å². The Morgan fingerprint density at radius 3 is 2.80 bits per heavy atom. The number of carbonyl (C=O) groups excluding carboxylic acids is 1. The van der Waals surface area contributed by atoms with E-state index in [0.29, 0.717) is 24.7 Å². The molecule has 1 aliphatic heterocycles. The van der Waals surface area contributed by atoms with E-state index in [1.165, 1.54) is 19.2 Å². The minimum Gasteiger partial charge on any atom is -0.360 e. The van der Waals surface area contributed by atoms with Gasteiger partial charge in [-0.15, -0.1) is 0 Å². The fourth-order valence-electron chi connectivity index (χ4n) is 3.62. The van der Waals surface area contributed by atoms with Crippen molar-refractivity contribution in [3.05, 3.63) is 53.4 Å². The van der Waals surface area contributed by atoms with Gasteiger partial charge in [-0.3, -0.25) is 9.59 Å². The van der Waals surface area contributed by atoms with Crippen LogP contribution in [0.2, 0.25) is 0 Å². The number of H-pyrrole nitrogens is 1. The SMILES string of the molecule is CN(C)CC=CC(=O)N1CC(N(CC2CC2)c2cc(-c3ccncn3)c[nH]c2=O)C1. The summed E-state index contributed by atoms with van der Waals surface area (Å²) in [7, 11) is 3.94. The highest BCUT2D eigenvalue weighted by Gasteiger charge is 2.37. The van der Waals surface area contributed by atoms with Gasteiger partial charge in [-0.25, -0.2) is 9.97 Å². The molecule has 1 saturated heterocycles. The third kappa shape index (κ3) is 4.76. The Labute approximate surface area is 176 Å². The number of likely N-dealkylation sites (N-methyl/N-ethyl adjacent to an activating group) is 1. The third-order valence-corrected chi connectivity index (χ3v) is 5.57. The number of aromatic nitrogens is 3. The summed E-state index contributed by atoms with van der Waals surface area (Å²) >= 11 is 0. The average Bonchev–Trinajstić information content (AvgIpc) is 3.51. The number of pyridine rings is 1. The van der Waals surface area contributed by atoms with E-state index in [1.54, 1.807) is 18.5 Å². The van der Waals surface area contributed by atoms with Crippen molar-refractivity contribution >= 4 is 11.6 Å². The van der Waals surface area contributed by atoms with E-state index in [2.05, 4.69) is 19.9 Å². The number of aromatic amines is 1. The first-order valence-corrected chi connectivity index (χ1v) is 10.4. The zero-order valence-corrected chi connectivity index (χ0v) is 17.5. The molecule has 2 aliphatic rings. The van der Waals surface area contributed by atoms with Crippen molar-refractivity contribution < 1.29 is 4.79 Å². The van der Waals surface area contributed by atoms with Crippen molar-refractivity contribution in [2.24, 2.45) is 5.92 Å². The van der Waals surface area contributed by atoms with Gasteiger partial charge in [0.1, 0.15) is 12.0 Å². The summed E-state index contributed by atoms with van der Waals surface area (Å²) in [4.78, 5) is 42.2. The van der Waals surface area contributed by atoms with Gasteiger partial charge >= 0.3 is 0 Å². The average molecular weight is 409 g/mol. The predicted octanol–water partition coefficient (Wildman–Crippen LogP) is 1.38. The van der Waals surface area contributed by atoms with Crippen LogP contribution in [0.4, 0.5) is 5.69 Å². The smallest absolute Gasteiger partial charge is 0.271 e. The van der Waals surface area contributed by atoms with Gasteiger partial charge in [0.2, 0.25) is 5.91 Å². The number of rotatable bonds is 8. The van der Waals surface area contributed by atoms with E-state index in [0.717, 1.165) is 24.3 Å². The van der Waals surface area contributed by atoms with Crippen LogP contribution in [0.5, 0.6) is 0 Å². The molecule has 2 fully saturated rings. The first-order valence-electron chi connectivity index (χ1n) is 10.4. The fourth-order valence-corrected chi connectivity index (χ4v) is 3.62. The standard InChI is InChI=1S/C22H28N6O2/c1-26(2)9-3-4-21(29)27-13-18(14-27)28(12-16-5-6-16)20-10-17(11-24-22(20)30)19-7-8-23-15-25-19/h3-4,7-8,10-11,15-16,18H,5-6,9,12-14H2,1-2H3,(H,24,30). The summed E-state index contributed by atoms with van der Waals surface area (Å²) in [5, 5.41) is 0. The summed E-state index contributed by atoms with van der Waals surface area (Å²) in [6, 6.07) is 3.89. The lowest BCUT2D eigenvalue weighted by Gasteiger charge is -2.46. The maximum absolute atomic E-state index is 12.7. The topological polar surface area (TPSA) is 85.4 Å². The first-order chi connectivity index (χ1) is 14.5. The highest BCUT2D eigenvalue weighted by molar-refractivity contribution is 5.88. The van der Waals surface area contributed by atoms with Crippen LogP contribution in [0, 0.1) is 5.92 Å². The van der Waals surface area contributed by atoms with Gasteiger partial charge in [-0.1, -0.05) is 6.08 Å². The van der Waals surface area contributed by atoms with Gasteiger partial charge in [-0.05, 0) is 45.0 Å². The maximum atomic E-state index is 12.7. The summed E-state index contributed by atoms with van der Waals surface area (Å²) < 4.78 is 0. The normalized spacial score (nSPS) is 16.8. The Kier molecular flexibility index (Phi) is 5.94. The molecule has 0 atom stereocenters. The Bertz CT molecular complexity index is 961. The number of carbonyl (C=O) groups is 1. The van der Waals surface area contributed by atoms with E-state index in [-0.39, 0.29) is 17.5 Å². The second kappa shape index (κ2) is 8.79. The van der Waals surface area contributed by atoms with Crippen molar-refractivity contribution in [3.63, 3.8) is 0 Å². The molecule has 1 saturated carbocycles. The van der Waals surface area contributed by atoms with Gasteiger partial charge in [0.05, 0.1) is 11.7 Å². The minimum absolute atomic E-state index is 0.0307. The minimum atomic E-state index is -0.107. The Hall–Kier alpha value is -3.00. The Balaban J connectivity index is 1.50. The van der Waals surface area contributed by atoms with Crippen LogP contribution >= 0.6 is 0 Å². The molecule has 158 valence electrons. The summed E-state index contributed by atoms with van der Waals surface area (Å²) in [5.74, 6) is 0.653. The van der Waals surface area contributed by atoms with Crippen molar-refractivity contribution in [1.82, 2.24) is 24.8 Å². The lowest BCUT2D eigenvalue weighted by atomic mass is 10.0. The number of amides is 1. The molecule has 2 aromatic rings. The van der Waals surface area contributed by atoms with Crippen molar-refractivity contribution in [3.8, 4) is 11.3 Å². The van der Waals surface area contributed by atoms with E-state index >= 15 is 0 Å². The van der Waals surface area contributed by atoms with Crippen LogP contribution in [0.3, 0.4) is 0 Å². The molecular weight excluding hydrogens is 380 g/mol. The largest absolute Gasteiger partial charge is 0.360 e. The first kappa shape index (κ1) is 20.3. The van der Waals surface area contributed by atoms with Crippen LogP contribution in [-0.2, 0) is 4.79 Å². The second-order valence-electron chi connectivity index (χ2n) is 8.35. The Morgan fingerprint density at radius 1 is 1.33 bits per heavy atom. The zero-order chi connectivity index (χ0) is 21.1. The molecule has 8 nitrogen and oxygen atoms in total. The van der Waals surface area contributed by atoms with Gasteiger partial charge in [0.25, 0.3) is 5.56 Å². The Morgan fingerprint density at radius 2 is 2.13 bits per heavy atom. The molecule has 0 spiro atoms. The van der Waals surface area contributed by atoms with E-state index in [9.17, 15) is 9.59 Å². The van der Waals surface area contributed by atoms with Crippen molar-refractivity contribution in [2.45, 2.75) is 18.9 Å². The molecule has 0 unspecified atom stereocenters. The molecule has 2 aromatic heterocycles. The fraction of sp³-hybridized carbons (Fsp3) is 0.455. The molecule has 1 amide bonds. The number of nitrogens with one attached hydrogen (secondary N) is 1. The summed E-state index contributed by atoms with van der Waals surface area (Å²) in [5.41, 5.74) is 2.17. The van der Waals surface area contributed by atoms with Gasteiger partial charge in [-0.2, -0.15) is 0 Å².